The first-order chi connectivity index (χ1) is 15.2. The Morgan fingerprint density at radius 3 is 2.48 bits per heavy atom. The molecule has 6 heteroatoms. The molecule has 1 N–H and O–H groups in total. The highest BCUT2D eigenvalue weighted by Crippen LogP contribution is 2.28. The molecule has 31 heavy (non-hydrogen) atoms. The molecule has 0 spiro atoms. The molecule has 0 bridgehead atoms. The lowest BCUT2D eigenvalue weighted by molar-refractivity contribution is 0.181. The zero-order chi connectivity index (χ0) is 21.2. The minimum Gasteiger partial charge on any atom is -0.353 e. The van der Waals surface area contributed by atoms with Crippen LogP contribution in [0, 0.1) is 0 Å². The summed E-state index contributed by atoms with van der Waals surface area (Å²) in [7, 11) is 0. The van der Waals surface area contributed by atoms with Gasteiger partial charge in [-0.1, -0.05) is 43.2 Å². The molecule has 1 aliphatic carbocycles. The summed E-state index contributed by atoms with van der Waals surface area (Å²) in [5.74, 6) is 0.744. The van der Waals surface area contributed by atoms with Crippen LogP contribution in [0.3, 0.4) is 0 Å². The van der Waals surface area contributed by atoms with E-state index in [1.807, 2.05) is 13.0 Å². The highest BCUT2D eigenvalue weighted by Gasteiger charge is 2.24. The monoisotopic (exact) mass is 419 g/mol. The third-order valence-electron chi connectivity index (χ3n) is 7.03. The first-order valence-corrected chi connectivity index (χ1v) is 11.9. The summed E-state index contributed by atoms with van der Waals surface area (Å²) >= 11 is 0. The summed E-state index contributed by atoms with van der Waals surface area (Å²) in [6.07, 6.45) is 9.09. The molecule has 3 aromatic rings. The summed E-state index contributed by atoms with van der Waals surface area (Å²) in [5, 5.41) is 4.32. The van der Waals surface area contributed by atoms with Crippen molar-refractivity contribution in [3.63, 3.8) is 0 Å². The van der Waals surface area contributed by atoms with Gasteiger partial charge in [-0.05, 0) is 44.2 Å². The summed E-state index contributed by atoms with van der Waals surface area (Å²) in [5.41, 5.74) is 2.29. The Labute approximate surface area is 183 Å². The fraction of sp³-hybridized carbons (Fsp3) is 0.520. The van der Waals surface area contributed by atoms with Gasteiger partial charge in [-0.2, -0.15) is 4.98 Å². The van der Waals surface area contributed by atoms with Gasteiger partial charge in [0.05, 0.1) is 5.39 Å². The first kappa shape index (κ1) is 20.3. The van der Waals surface area contributed by atoms with Gasteiger partial charge in [0, 0.05) is 44.5 Å². The van der Waals surface area contributed by atoms with E-state index < -0.39 is 0 Å². The number of hydrogen-bond donors (Lipinski definition) is 1. The van der Waals surface area contributed by atoms with E-state index in [1.165, 1.54) is 31.2 Å². The van der Waals surface area contributed by atoms with Gasteiger partial charge in [-0.25, -0.2) is 0 Å². The SMILES string of the molecule is CCn1c(NC2CCCC2)nc2c(ccn2C2CCN(Cc3ccccc3)CC2)c1=O. The van der Waals surface area contributed by atoms with Crippen LogP contribution < -0.4 is 10.9 Å². The van der Waals surface area contributed by atoms with Crippen LogP contribution in [0.5, 0.6) is 0 Å². The molecule has 2 aromatic heterocycles. The van der Waals surface area contributed by atoms with E-state index in [2.05, 4.69) is 51.3 Å². The quantitative estimate of drug-likeness (QED) is 0.643. The van der Waals surface area contributed by atoms with Gasteiger partial charge in [0.25, 0.3) is 5.56 Å². The standard InChI is InChI=1S/C25H33N5O/c1-2-29-24(31)22-14-17-30(23(22)27-25(29)26-20-10-6-7-11-20)21-12-15-28(16-13-21)18-19-8-4-3-5-9-19/h3-5,8-9,14,17,20-21H,2,6-7,10-13,15-16,18H2,1H3,(H,26,27). The molecular weight excluding hydrogens is 386 g/mol. The Kier molecular flexibility index (Phi) is 5.81. The maximum atomic E-state index is 13.2. The summed E-state index contributed by atoms with van der Waals surface area (Å²) in [6.45, 7) is 5.81. The van der Waals surface area contributed by atoms with E-state index in [0.29, 0.717) is 18.6 Å². The van der Waals surface area contributed by atoms with Gasteiger partial charge in [0.2, 0.25) is 5.95 Å². The number of nitrogens with one attached hydrogen (secondary N) is 1. The van der Waals surface area contributed by atoms with Crippen molar-refractivity contribution >= 4 is 17.0 Å². The fourth-order valence-electron chi connectivity index (χ4n) is 5.27. The number of benzene rings is 1. The van der Waals surface area contributed by atoms with Crippen molar-refractivity contribution in [2.24, 2.45) is 0 Å². The Bertz CT molecular complexity index is 1070. The van der Waals surface area contributed by atoms with Gasteiger partial charge >= 0.3 is 0 Å². The van der Waals surface area contributed by atoms with Crippen LogP contribution in [0.1, 0.15) is 57.1 Å². The van der Waals surface area contributed by atoms with Gasteiger partial charge < -0.3 is 9.88 Å². The van der Waals surface area contributed by atoms with Gasteiger partial charge in [-0.3, -0.25) is 14.3 Å². The van der Waals surface area contributed by atoms with Crippen molar-refractivity contribution in [1.29, 1.82) is 0 Å². The second-order valence-corrected chi connectivity index (χ2v) is 9.06. The lowest BCUT2D eigenvalue weighted by Crippen LogP contribution is -2.34. The second kappa shape index (κ2) is 8.87. The average Bonchev–Trinajstić information content (AvgIpc) is 3.46. The van der Waals surface area contributed by atoms with Crippen molar-refractivity contribution in [1.82, 2.24) is 19.0 Å². The molecule has 1 aliphatic heterocycles. The Morgan fingerprint density at radius 1 is 1.03 bits per heavy atom. The van der Waals surface area contributed by atoms with Crippen LogP contribution in [-0.2, 0) is 13.1 Å². The van der Waals surface area contributed by atoms with Crippen molar-refractivity contribution in [2.75, 3.05) is 18.4 Å². The van der Waals surface area contributed by atoms with Gasteiger partial charge in [0.15, 0.2) is 0 Å². The molecule has 1 saturated heterocycles. The zero-order valence-corrected chi connectivity index (χ0v) is 18.5. The van der Waals surface area contributed by atoms with Crippen LogP contribution in [0.15, 0.2) is 47.4 Å². The number of nitrogens with zero attached hydrogens (tertiary/aromatic N) is 4. The predicted molar refractivity (Wildman–Crippen MR) is 126 cm³/mol. The van der Waals surface area contributed by atoms with Crippen molar-refractivity contribution in [3.05, 3.63) is 58.5 Å². The lowest BCUT2D eigenvalue weighted by atomic mass is 10.0. The number of piperidine rings is 1. The Morgan fingerprint density at radius 2 is 1.77 bits per heavy atom. The van der Waals surface area contributed by atoms with E-state index in [-0.39, 0.29) is 5.56 Å². The van der Waals surface area contributed by atoms with Crippen LogP contribution in [-0.4, -0.2) is 38.1 Å². The Balaban J connectivity index is 1.36. The molecule has 0 unspecified atom stereocenters. The summed E-state index contributed by atoms with van der Waals surface area (Å²) in [6, 6.07) is 13.5. The smallest absolute Gasteiger partial charge is 0.264 e. The molecule has 6 nitrogen and oxygen atoms in total. The van der Waals surface area contributed by atoms with E-state index in [1.54, 1.807) is 4.57 Å². The van der Waals surface area contributed by atoms with E-state index in [9.17, 15) is 4.79 Å². The van der Waals surface area contributed by atoms with Crippen molar-refractivity contribution in [3.8, 4) is 0 Å². The van der Waals surface area contributed by atoms with E-state index >= 15 is 0 Å². The Hall–Kier alpha value is -2.60. The third-order valence-corrected chi connectivity index (χ3v) is 7.03. The van der Waals surface area contributed by atoms with Crippen LogP contribution >= 0.6 is 0 Å². The van der Waals surface area contributed by atoms with Crippen LogP contribution in [0.2, 0.25) is 0 Å². The van der Waals surface area contributed by atoms with Crippen molar-refractivity contribution in [2.45, 2.75) is 70.6 Å². The topological polar surface area (TPSA) is 55.1 Å². The highest BCUT2D eigenvalue weighted by molar-refractivity contribution is 5.76. The molecule has 0 amide bonds. The zero-order valence-electron chi connectivity index (χ0n) is 18.5. The number of anilines is 1. The summed E-state index contributed by atoms with van der Waals surface area (Å²) < 4.78 is 4.06. The lowest BCUT2D eigenvalue weighted by Gasteiger charge is -2.33. The normalized spacial score (nSPS) is 18.7. The number of aromatic nitrogens is 3. The first-order valence-electron chi connectivity index (χ1n) is 11.9. The van der Waals surface area contributed by atoms with Crippen molar-refractivity contribution < 1.29 is 0 Å². The van der Waals surface area contributed by atoms with Crippen LogP contribution in [0.25, 0.3) is 11.0 Å². The van der Waals surface area contributed by atoms with Gasteiger partial charge in [-0.15, -0.1) is 0 Å². The molecule has 0 atom stereocenters. The number of likely N-dealkylation sites (tertiary alicyclic amines) is 1. The molecule has 0 radical (unpaired) electrons. The molecule has 5 rings (SSSR count). The third kappa shape index (κ3) is 4.13. The average molecular weight is 420 g/mol. The minimum absolute atomic E-state index is 0.0771. The molecular formula is C25H33N5O. The molecule has 1 aromatic carbocycles. The predicted octanol–water partition coefficient (Wildman–Crippen LogP) is 4.41. The second-order valence-electron chi connectivity index (χ2n) is 9.06. The molecule has 1 saturated carbocycles. The number of hydrogen-bond acceptors (Lipinski definition) is 4. The largest absolute Gasteiger partial charge is 0.353 e. The fourth-order valence-corrected chi connectivity index (χ4v) is 5.27. The minimum atomic E-state index is 0.0771. The maximum absolute atomic E-state index is 13.2. The summed E-state index contributed by atoms with van der Waals surface area (Å²) in [4.78, 5) is 20.7. The van der Waals surface area contributed by atoms with E-state index in [0.717, 1.165) is 49.5 Å². The maximum Gasteiger partial charge on any atom is 0.264 e. The molecule has 164 valence electrons. The molecule has 2 fully saturated rings. The van der Waals surface area contributed by atoms with E-state index in [4.69, 9.17) is 4.98 Å². The van der Waals surface area contributed by atoms with Gasteiger partial charge in [0.1, 0.15) is 5.65 Å². The number of fused-ring (bicyclic) bond motifs is 1. The highest BCUT2D eigenvalue weighted by atomic mass is 16.1. The molecule has 3 heterocycles. The molecule has 2 aliphatic rings. The number of rotatable bonds is 6. The van der Waals surface area contributed by atoms with Crippen LogP contribution in [0.4, 0.5) is 5.95 Å².